The average Bonchev–Trinajstić information content (AvgIpc) is 3.62. The molecular formula is C51H46N2O. The van der Waals surface area contributed by atoms with Gasteiger partial charge in [-0.1, -0.05) is 130 Å². The summed E-state index contributed by atoms with van der Waals surface area (Å²) in [5.74, 6) is 0.695. The lowest BCUT2D eigenvalue weighted by Gasteiger charge is -2.30. The lowest BCUT2D eigenvalue weighted by Crippen LogP contribution is -2.19. The molecule has 1 heterocycles. The fourth-order valence-corrected chi connectivity index (χ4v) is 8.52. The van der Waals surface area contributed by atoms with Crippen molar-refractivity contribution in [1.29, 1.82) is 0 Å². The number of fused-ring (bicyclic) bond motifs is 3. The van der Waals surface area contributed by atoms with Crippen LogP contribution in [0.2, 0.25) is 0 Å². The van der Waals surface area contributed by atoms with Gasteiger partial charge in [0.1, 0.15) is 11.2 Å². The van der Waals surface area contributed by atoms with Crippen molar-refractivity contribution in [2.24, 2.45) is 0 Å². The third-order valence-corrected chi connectivity index (χ3v) is 11.6. The summed E-state index contributed by atoms with van der Waals surface area (Å²) < 4.78 is 6.30. The van der Waals surface area contributed by atoms with E-state index < -0.39 is 0 Å². The number of para-hydroxylation sites is 3. The molecule has 0 bridgehead atoms. The molecular weight excluding hydrogens is 657 g/mol. The van der Waals surface area contributed by atoms with Crippen molar-refractivity contribution in [2.75, 3.05) is 9.80 Å². The van der Waals surface area contributed by atoms with Crippen LogP contribution in [0, 0.1) is 0 Å². The predicted molar refractivity (Wildman–Crippen MR) is 227 cm³/mol. The topological polar surface area (TPSA) is 19.6 Å². The Labute approximate surface area is 319 Å². The van der Waals surface area contributed by atoms with Gasteiger partial charge in [0.15, 0.2) is 0 Å². The van der Waals surface area contributed by atoms with E-state index >= 15 is 0 Å². The summed E-state index contributed by atoms with van der Waals surface area (Å²) >= 11 is 0. The second kappa shape index (κ2) is 14.4. The number of nitrogens with zero attached hydrogens (tertiary/aromatic N) is 2. The van der Waals surface area contributed by atoms with E-state index in [1.54, 1.807) is 0 Å². The molecule has 0 amide bonds. The Morgan fingerprint density at radius 2 is 0.926 bits per heavy atom. The first-order valence-corrected chi connectivity index (χ1v) is 19.5. The molecule has 0 atom stereocenters. The van der Waals surface area contributed by atoms with Crippen molar-refractivity contribution >= 4 is 56.1 Å². The maximum absolute atomic E-state index is 6.30. The van der Waals surface area contributed by atoms with Crippen LogP contribution in [-0.4, -0.2) is 0 Å². The molecule has 8 aromatic rings. The SMILES string of the molecule is CC(C)(c1ccc(N(c2ccccc2)c2ccc(C3CCCCC3)cc2)cc1)c1ccc(N(c2ccccc2)c2cccc3oc4ccccc4c23)cc1. The van der Waals surface area contributed by atoms with Crippen molar-refractivity contribution in [3.05, 3.63) is 193 Å². The standard InChI is InChI=1S/C51H46N2O/c1-51(2,39-27-33-44(34-28-39)52(41-17-8-4-9-18-41)43-31-25-38(26-32-43)37-15-6-3-7-16-37)40-29-35-45(36-30-40)53(42-19-10-5-11-20-42)47-22-14-24-49-50(47)46-21-12-13-23-48(46)54-49/h4-5,8-14,17-37H,3,6-7,15-16H2,1-2H3. The summed E-state index contributed by atoms with van der Waals surface area (Å²) in [7, 11) is 0. The van der Waals surface area contributed by atoms with E-state index in [-0.39, 0.29) is 5.41 Å². The summed E-state index contributed by atoms with van der Waals surface area (Å²) in [6.07, 6.45) is 6.70. The van der Waals surface area contributed by atoms with Gasteiger partial charge in [0.05, 0.1) is 11.1 Å². The van der Waals surface area contributed by atoms with Crippen molar-refractivity contribution in [3.8, 4) is 0 Å². The third-order valence-electron chi connectivity index (χ3n) is 11.6. The largest absolute Gasteiger partial charge is 0.456 e. The maximum Gasteiger partial charge on any atom is 0.137 e. The van der Waals surface area contributed by atoms with E-state index in [4.69, 9.17) is 4.42 Å². The summed E-state index contributed by atoms with van der Waals surface area (Å²) in [4.78, 5) is 4.72. The molecule has 9 rings (SSSR count). The van der Waals surface area contributed by atoms with Gasteiger partial charge >= 0.3 is 0 Å². The fraction of sp³-hybridized carbons (Fsp3) is 0.176. The molecule has 1 fully saturated rings. The Kier molecular flexibility index (Phi) is 9.00. The van der Waals surface area contributed by atoms with Gasteiger partial charge in [-0.3, -0.25) is 0 Å². The summed E-state index contributed by atoms with van der Waals surface area (Å²) in [6, 6.07) is 63.6. The van der Waals surface area contributed by atoms with E-state index in [0.717, 1.165) is 50.4 Å². The van der Waals surface area contributed by atoms with Crippen LogP contribution >= 0.6 is 0 Å². The summed E-state index contributed by atoms with van der Waals surface area (Å²) in [5.41, 5.74) is 12.4. The van der Waals surface area contributed by atoms with Crippen LogP contribution in [0.3, 0.4) is 0 Å². The number of furan rings is 1. The van der Waals surface area contributed by atoms with Gasteiger partial charge in [-0.25, -0.2) is 0 Å². The second-order valence-corrected chi connectivity index (χ2v) is 15.2. The van der Waals surface area contributed by atoms with Crippen LogP contribution in [0.5, 0.6) is 0 Å². The first-order valence-electron chi connectivity index (χ1n) is 19.5. The van der Waals surface area contributed by atoms with Crippen LogP contribution in [0.1, 0.15) is 68.6 Å². The molecule has 54 heavy (non-hydrogen) atoms. The molecule has 0 radical (unpaired) electrons. The highest BCUT2D eigenvalue weighted by Crippen LogP contribution is 2.44. The quantitative estimate of drug-likeness (QED) is 0.149. The van der Waals surface area contributed by atoms with Gasteiger partial charge in [0.25, 0.3) is 0 Å². The number of rotatable bonds is 9. The third kappa shape index (κ3) is 6.34. The van der Waals surface area contributed by atoms with Crippen molar-refractivity contribution < 1.29 is 4.42 Å². The van der Waals surface area contributed by atoms with E-state index in [1.165, 1.54) is 54.5 Å². The summed E-state index contributed by atoms with van der Waals surface area (Å²) in [6.45, 7) is 4.65. The van der Waals surface area contributed by atoms with Crippen LogP contribution in [-0.2, 0) is 5.41 Å². The summed E-state index contributed by atoms with van der Waals surface area (Å²) in [5, 5.41) is 2.23. The zero-order chi connectivity index (χ0) is 36.5. The Hall–Kier alpha value is -6.06. The van der Waals surface area contributed by atoms with E-state index in [2.05, 4.69) is 187 Å². The van der Waals surface area contributed by atoms with Gasteiger partial charge < -0.3 is 14.2 Å². The zero-order valence-electron chi connectivity index (χ0n) is 31.2. The minimum atomic E-state index is -0.214. The predicted octanol–water partition coefficient (Wildman–Crippen LogP) is 14.9. The van der Waals surface area contributed by atoms with Crippen LogP contribution in [0.15, 0.2) is 180 Å². The van der Waals surface area contributed by atoms with Crippen LogP contribution < -0.4 is 9.80 Å². The van der Waals surface area contributed by atoms with Crippen molar-refractivity contribution in [1.82, 2.24) is 0 Å². The van der Waals surface area contributed by atoms with Gasteiger partial charge in [-0.05, 0) is 114 Å². The van der Waals surface area contributed by atoms with Gasteiger partial charge in [-0.15, -0.1) is 0 Å². The van der Waals surface area contributed by atoms with Gasteiger partial charge in [-0.2, -0.15) is 0 Å². The Balaban J connectivity index is 1.03. The maximum atomic E-state index is 6.30. The Morgan fingerprint density at radius 1 is 0.444 bits per heavy atom. The highest BCUT2D eigenvalue weighted by atomic mass is 16.3. The molecule has 0 aliphatic heterocycles. The first kappa shape index (κ1) is 33.8. The van der Waals surface area contributed by atoms with Gasteiger partial charge in [0.2, 0.25) is 0 Å². The number of benzene rings is 7. The fourth-order valence-electron chi connectivity index (χ4n) is 8.52. The van der Waals surface area contributed by atoms with Crippen LogP contribution in [0.25, 0.3) is 21.9 Å². The van der Waals surface area contributed by atoms with Gasteiger partial charge in [0, 0.05) is 39.2 Å². The average molecular weight is 703 g/mol. The number of anilines is 6. The lowest BCUT2D eigenvalue weighted by molar-refractivity contribution is 0.443. The monoisotopic (exact) mass is 702 g/mol. The molecule has 1 saturated carbocycles. The van der Waals surface area contributed by atoms with E-state index in [1.807, 2.05) is 12.1 Å². The molecule has 1 aromatic heterocycles. The minimum absolute atomic E-state index is 0.214. The highest BCUT2D eigenvalue weighted by molar-refractivity contribution is 6.13. The molecule has 0 spiro atoms. The lowest BCUT2D eigenvalue weighted by atomic mass is 9.78. The molecule has 266 valence electrons. The van der Waals surface area contributed by atoms with Crippen molar-refractivity contribution in [2.45, 2.75) is 57.3 Å². The molecule has 7 aromatic carbocycles. The molecule has 0 N–H and O–H groups in total. The molecule has 0 saturated heterocycles. The number of hydrogen-bond acceptors (Lipinski definition) is 3. The second-order valence-electron chi connectivity index (χ2n) is 15.2. The highest BCUT2D eigenvalue weighted by Gasteiger charge is 2.25. The van der Waals surface area contributed by atoms with E-state index in [0.29, 0.717) is 5.92 Å². The van der Waals surface area contributed by atoms with Crippen LogP contribution in [0.4, 0.5) is 34.1 Å². The first-order chi connectivity index (χ1) is 26.5. The van der Waals surface area contributed by atoms with Crippen molar-refractivity contribution in [3.63, 3.8) is 0 Å². The molecule has 1 aliphatic carbocycles. The smallest absolute Gasteiger partial charge is 0.137 e. The molecule has 3 nitrogen and oxygen atoms in total. The minimum Gasteiger partial charge on any atom is -0.456 e. The number of hydrogen-bond donors (Lipinski definition) is 0. The Bertz CT molecular complexity index is 2480. The normalized spacial score (nSPS) is 13.7. The Morgan fingerprint density at radius 3 is 1.54 bits per heavy atom. The molecule has 0 unspecified atom stereocenters. The zero-order valence-corrected chi connectivity index (χ0v) is 31.2. The van der Waals surface area contributed by atoms with E-state index in [9.17, 15) is 0 Å². The molecule has 3 heteroatoms. The molecule has 1 aliphatic rings.